The van der Waals surface area contributed by atoms with Crippen molar-refractivity contribution in [2.24, 2.45) is 17.3 Å². The van der Waals surface area contributed by atoms with Crippen LogP contribution in [0, 0.1) is 17.3 Å². The van der Waals surface area contributed by atoms with E-state index in [0.717, 1.165) is 32.1 Å². The highest BCUT2D eigenvalue weighted by atomic mass is 79.9. The van der Waals surface area contributed by atoms with Gasteiger partial charge < -0.3 is 18.9 Å². The molecule has 0 aliphatic heterocycles. The van der Waals surface area contributed by atoms with Crippen molar-refractivity contribution in [1.29, 1.82) is 0 Å². The highest BCUT2D eigenvalue weighted by Crippen LogP contribution is 2.64. The Hall–Kier alpha value is -1.76. The average molecular weight is 467 g/mol. The van der Waals surface area contributed by atoms with Crippen LogP contribution in [0.2, 0.25) is 0 Å². The summed E-state index contributed by atoms with van der Waals surface area (Å²) in [4.78, 5) is 25.8. The zero-order valence-electron chi connectivity index (χ0n) is 17.1. The summed E-state index contributed by atoms with van der Waals surface area (Å²) in [5.74, 6) is 1.84. The van der Waals surface area contributed by atoms with Gasteiger partial charge in [0.05, 0.1) is 26.7 Å². The van der Waals surface area contributed by atoms with Gasteiger partial charge in [-0.2, -0.15) is 0 Å². The van der Waals surface area contributed by atoms with E-state index >= 15 is 0 Å². The maximum atomic E-state index is 13.1. The molecule has 4 saturated carbocycles. The summed E-state index contributed by atoms with van der Waals surface area (Å²) in [6, 6.07) is 3.16. The van der Waals surface area contributed by atoms with Crippen molar-refractivity contribution < 1.29 is 28.5 Å². The zero-order chi connectivity index (χ0) is 20.8. The number of Topliss-reactive ketones (excluding diaryl/α,β-unsaturated/α-hetero) is 1. The number of halogens is 1. The number of carbonyl (C=O) groups excluding carboxylic acids is 2. The fourth-order valence-corrected chi connectivity index (χ4v) is 7.45. The summed E-state index contributed by atoms with van der Waals surface area (Å²) >= 11 is 3.91. The molecular formula is C22H27BrO6. The summed E-state index contributed by atoms with van der Waals surface area (Å²) < 4.78 is 21.5. The van der Waals surface area contributed by atoms with Crippen LogP contribution in [0.3, 0.4) is 0 Å². The van der Waals surface area contributed by atoms with Crippen LogP contribution in [-0.4, -0.2) is 44.0 Å². The standard InChI is InChI=1S/C22H27BrO6/c1-26-17-5-15(6-18(27-2)19(17)28-3)16(24)11-29-20(25)21-7-13-4-14(8-21)10-22(23,9-13)12-21/h5-6,13-14H,4,7-12H2,1-3H3/t13-,14+,21?,22?. The first-order valence-corrected chi connectivity index (χ1v) is 10.8. The van der Waals surface area contributed by atoms with E-state index in [1.165, 1.54) is 27.8 Å². The quantitative estimate of drug-likeness (QED) is 0.341. The zero-order valence-corrected chi connectivity index (χ0v) is 18.7. The molecule has 0 radical (unpaired) electrons. The van der Waals surface area contributed by atoms with Gasteiger partial charge in [0.1, 0.15) is 0 Å². The van der Waals surface area contributed by atoms with Crippen molar-refractivity contribution in [2.75, 3.05) is 27.9 Å². The van der Waals surface area contributed by atoms with Crippen molar-refractivity contribution >= 4 is 27.7 Å². The minimum atomic E-state index is -0.441. The second kappa shape index (κ2) is 7.49. The van der Waals surface area contributed by atoms with Crippen molar-refractivity contribution in [3.05, 3.63) is 17.7 Å². The molecule has 4 bridgehead atoms. The average Bonchev–Trinajstić information content (AvgIpc) is 2.68. The van der Waals surface area contributed by atoms with Gasteiger partial charge in [-0.1, -0.05) is 15.9 Å². The van der Waals surface area contributed by atoms with Gasteiger partial charge in [-0.25, -0.2) is 0 Å². The normalized spacial score (nSPS) is 32.0. The Bertz CT molecular complexity index is 796. The maximum absolute atomic E-state index is 13.1. The highest BCUT2D eigenvalue weighted by molar-refractivity contribution is 9.10. The molecule has 5 rings (SSSR count). The van der Waals surface area contributed by atoms with Gasteiger partial charge in [0.15, 0.2) is 18.1 Å². The summed E-state index contributed by atoms with van der Waals surface area (Å²) in [6.45, 7) is -0.288. The lowest BCUT2D eigenvalue weighted by Gasteiger charge is -2.58. The number of methoxy groups -OCH3 is 3. The van der Waals surface area contributed by atoms with Gasteiger partial charge in [0, 0.05) is 9.89 Å². The summed E-state index contributed by atoms with van der Waals surface area (Å²) in [5, 5.41) is 0. The molecule has 0 aromatic heterocycles. The Morgan fingerprint density at radius 1 is 1.00 bits per heavy atom. The van der Waals surface area contributed by atoms with E-state index in [9.17, 15) is 9.59 Å². The van der Waals surface area contributed by atoms with E-state index < -0.39 is 5.41 Å². The SMILES string of the molecule is COc1cc(C(=O)COC(=O)C23C[C@@H]4C[C@@H](CC(Br)(C4)C2)C3)cc(OC)c1OC. The first-order valence-electron chi connectivity index (χ1n) is 10.0. The van der Waals surface area contributed by atoms with Gasteiger partial charge in [0.25, 0.3) is 0 Å². The Morgan fingerprint density at radius 3 is 2.07 bits per heavy atom. The van der Waals surface area contributed by atoms with Crippen LogP contribution in [0.5, 0.6) is 17.2 Å². The summed E-state index contributed by atoms with van der Waals surface area (Å²) in [5.41, 5.74) is -0.0850. The molecule has 6 nitrogen and oxygen atoms in total. The molecule has 1 aromatic carbocycles. The lowest BCUT2D eigenvalue weighted by Crippen LogP contribution is -2.56. The number of rotatable bonds is 7. The summed E-state index contributed by atoms with van der Waals surface area (Å²) in [6.07, 6.45) is 6.07. The lowest BCUT2D eigenvalue weighted by molar-refractivity contribution is -0.168. The number of ether oxygens (including phenoxy) is 4. The van der Waals surface area contributed by atoms with E-state index in [2.05, 4.69) is 15.9 Å². The minimum absolute atomic E-state index is 0.0663. The molecule has 4 aliphatic carbocycles. The molecule has 2 unspecified atom stereocenters. The van der Waals surface area contributed by atoms with Gasteiger partial charge in [-0.3, -0.25) is 9.59 Å². The number of hydrogen-bond donors (Lipinski definition) is 0. The number of alkyl halides is 1. The van der Waals surface area contributed by atoms with Crippen LogP contribution in [0.25, 0.3) is 0 Å². The van der Waals surface area contributed by atoms with E-state index in [1.54, 1.807) is 12.1 Å². The monoisotopic (exact) mass is 466 g/mol. The van der Waals surface area contributed by atoms with E-state index in [4.69, 9.17) is 18.9 Å². The molecule has 0 heterocycles. The van der Waals surface area contributed by atoms with Gasteiger partial charge in [0.2, 0.25) is 11.5 Å². The number of hydrogen-bond acceptors (Lipinski definition) is 6. The van der Waals surface area contributed by atoms with Crippen molar-refractivity contribution in [1.82, 2.24) is 0 Å². The van der Waals surface area contributed by atoms with Crippen LogP contribution >= 0.6 is 15.9 Å². The first-order chi connectivity index (χ1) is 13.8. The molecule has 4 aliphatic rings. The molecule has 4 fully saturated rings. The van der Waals surface area contributed by atoms with Crippen LogP contribution in [-0.2, 0) is 9.53 Å². The van der Waals surface area contributed by atoms with Gasteiger partial charge >= 0.3 is 5.97 Å². The number of benzene rings is 1. The Morgan fingerprint density at radius 2 is 1.59 bits per heavy atom. The van der Waals surface area contributed by atoms with Crippen LogP contribution in [0.4, 0.5) is 0 Å². The second-order valence-corrected chi connectivity index (χ2v) is 10.5. The smallest absolute Gasteiger partial charge is 0.312 e. The van der Waals surface area contributed by atoms with Crippen molar-refractivity contribution in [3.8, 4) is 17.2 Å². The van der Waals surface area contributed by atoms with Gasteiger partial charge in [-0.05, 0) is 62.5 Å². The molecule has 0 N–H and O–H groups in total. The van der Waals surface area contributed by atoms with E-state index in [-0.39, 0.29) is 22.7 Å². The Kier molecular flexibility index (Phi) is 5.30. The number of ketones is 1. The number of esters is 1. The predicted molar refractivity (Wildman–Crippen MR) is 110 cm³/mol. The van der Waals surface area contributed by atoms with Crippen LogP contribution in [0.1, 0.15) is 48.9 Å². The molecule has 158 valence electrons. The first kappa shape index (κ1) is 20.5. The third-order valence-electron chi connectivity index (χ3n) is 6.74. The molecule has 0 spiro atoms. The topological polar surface area (TPSA) is 71.1 Å². The third kappa shape index (κ3) is 3.62. The Labute approximate surface area is 179 Å². The lowest BCUT2D eigenvalue weighted by atomic mass is 9.49. The van der Waals surface area contributed by atoms with E-state index in [0.29, 0.717) is 34.6 Å². The predicted octanol–water partition coefficient (Wildman–Crippen LogP) is 4.17. The molecule has 0 amide bonds. The minimum Gasteiger partial charge on any atom is -0.493 e. The van der Waals surface area contributed by atoms with Crippen molar-refractivity contribution in [3.63, 3.8) is 0 Å². The molecule has 0 saturated heterocycles. The maximum Gasteiger partial charge on any atom is 0.312 e. The van der Waals surface area contributed by atoms with Crippen LogP contribution < -0.4 is 14.2 Å². The van der Waals surface area contributed by atoms with Crippen LogP contribution in [0.15, 0.2) is 12.1 Å². The number of carbonyl (C=O) groups is 2. The molecule has 7 heteroatoms. The molecule has 1 aromatic rings. The third-order valence-corrected chi connectivity index (χ3v) is 7.67. The molecule has 4 atom stereocenters. The largest absolute Gasteiger partial charge is 0.493 e. The Balaban J connectivity index is 1.47. The van der Waals surface area contributed by atoms with Crippen molar-refractivity contribution in [2.45, 2.75) is 42.8 Å². The van der Waals surface area contributed by atoms with Gasteiger partial charge in [-0.15, -0.1) is 0 Å². The molecular weight excluding hydrogens is 440 g/mol. The fraction of sp³-hybridized carbons (Fsp3) is 0.636. The fourth-order valence-electron chi connectivity index (χ4n) is 6.00. The van der Waals surface area contributed by atoms with E-state index in [1.807, 2.05) is 0 Å². The molecule has 29 heavy (non-hydrogen) atoms. The second-order valence-electron chi connectivity index (χ2n) is 8.81. The highest BCUT2D eigenvalue weighted by Gasteiger charge is 2.60. The summed E-state index contributed by atoms with van der Waals surface area (Å²) in [7, 11) is 4.50.